The van der Waals surface area contributed by atoms with E-state index < -0.39 is 0 Å². The van der Waals surface area contributed by atoms with Crippen LogP contribution >= 0.6 is 0 Å². The summed E-state index contributed by atoms with van der Waals surface area (Å²) in [6, 6.07) is 10.7. The maximum atomic E-state index is 13.2. The van der Waals surface area contributed by atoms with Crippen LogP contribution in [-0.2, 0) is 6.54 Å². The third-order valence-corrected chi connectivity index (χ3v) is 3.76. The first kappa shape index (κ1) is 17.8. The Morgan fingerprint density at radius 2 is 1.92 bits per heavy atom. The second kappa shape index (κ2) is 9.60. The highest BCUT2D eigenvalue weighted by atomic mass is 19.1. The first-order chi connectivity index (χ1) is 11.7. The molecule has 0 atom stereocenters. The number of hydrogen-bond acceptors (Lipinski definition) is 2. The summed E-state index contributed by atoms with van der Waals surface area (Å²) < 4.78 is 15.3. The summed E-state index contributed by atoms with van der Waals surface area (Å²) in [7, 11) is 3.74. The van der Waals surface area contributed by atoms with Crippen molar-refractivity contribution in [3.63, 3.8) is 0 Å². The Morgan fingerprint density at radius 3 is 2.62 bits per heavy atom. The molecular formula is C18H26FN5. The molecule has 1 heterocycles. The van der Waals surface area contributed by atoms with E-state index in [1.165, 1.54) is 6.07 Å². The van der Waals surface area contributed by atoms with E-state index in [2.05, 4.69) is 20.2 Å². The zero-order chi connectivity index (χ0) is 17.2. The van der Waals surface area contributed by atoms with Gasteiger partial charge in [0.05, 0.1) is 0 Å². The van der Waals surface area contributed by atoms with Crippen LogP contribution in [0.3, 0.4) is 0 Å². The lowest BCUT2D eigenvalue weighted by molar-refractivity contribution is 0.626. The van der Waals surface area contributed by atoms with Crippen molar-refractivity contribution in [3.05, 3.63) is 54.6 Å². The number of aromatic nitrogens is 1. The Hall–Kier alpha value is -2.50. The fourth-order valence-corrected chi connectivity index (χ4v) is 2.41. The van der Waals surface area contributed by atoms with Crippen LogP contribution in [0.1, 0.15) is 6.42 Å². The number of guanidine groups is 1. The minimum Gasteiger partial charge on any atom is -0.374 e. The average molecular weight is 331 g/mol. The highest BCUT2D eigenvalue weighted by molar-refractivity contribution is 5.79. The van der Waals surface area contributed by atoms with Gasteiger partial charge in [0, 0.05) is 58.4 Å². The molecular weight excluding hydrogens is 305 g/mol. The smallest absolute Gasteiger partial charge is 0.191 e. The summed E-state index contributed by atoms with van der Waals surface area (Å²) in [6.07, 6.45) is 5.02. The van der Waals surface area contributed by atoms with Gasteiger partial charge in [0.15, 0.2) is 5.96 Å². The van der Waals surface area contributed by atoms with Crippen LogP contribution in [-0.4, -0.2) is 44.3 Å². The molecule has 2 N–H and O–H groups in total. The van der Waals surface area contributed by atoms with Crippen molar-refractivity contribution in [1.29, 1.82) is 0 Å². The SMILES string of the molecule is CN=C(NCCCN(C)c1cccc(F)c1)NCCn1cccc1. The molecule has 0 bridgehead atoms. The maximum absolute atomic E-state index is 13.2. The monoisotopic (exact) mass is 331 g/mol. The lowest BCUT2D eigenvalue weighted by Crippen LogP contribution is -2.39. The van der Waals surface area contributed by atoms with Gasteiger partial charge in [0.25, 0.3) is 0 Å². The molecule has 0 radical (unpaired) electrons. The van der Waals surface area contributed by atoms with E-state index >= 15 is 0 Å². The fraction of sp³-hybridized carbons (Fsp3) is 0.389. The Bertz CT molecular complexity index is 624. The highest BCUT2D eigenvalue weighted by Gasteiger charge is 2.02. The van der Waals surface area contributed by atoms with E-state index in [1.54, 1.807) is 19.2 Å². The van der Waals surface area contributed by atoms with E-state index in [4.69, 9.17) is 0 Å². The van der Waals surface area contributed by atoms with Crippen LogP contribution in [0.25, 0.3) is 0 Å². The number of benzene rings is 1. The van der Waals surface area contributed by atoms with Crippen LogP contribution in [0.15, 0.2) is 53.8 Å². The summed E-state index contributed by atoms with van der Waals surface area (Å²) in [5, 5.41) is 6.59. The van der Waals surface area contributed by atoms with Gasteiger partial charge in [-0.1, -0.05) is 6.07 Å². The lowest BCUT2D eigenvalue weighted by Gasteiger charge is -2.20. The molecule has 0 unspecified atom stereocenters. The topological polar surface area (TPSA) is 44.6 Å². The molecule has 0 aliphatic carbocycles. The first-order valence-electron chi connectivity index (χ1n) is 8.21. The van der Waals surface area contributed by atoms with Crippen LogP contribution in [0, 0.1) is 5.82 Å². The number of hydrogen-bond donors (Lipinski definition) is 2. The molecule has 0 saturated heterocycles. The number of nitrogens with zero attached hydrogens (tertiary/aromatic N) is 3. The first-order valence-corrected chi connectivity index (χ1v) is 8.21. The molecule has 130 valence electrons. The Morgan fingerprint density at radius 1 is 1.17 bits per heavy atom. The second-order valence-electron chi connectivity index (χ2n) is 5.60. The van der Waals surface area contributed by atoms with Gasteiger partial charge in [-0.25, -0.2) is 4.39 Å². The molecule has 1 aromatic carbocycles. The van der Waals surface area contributed by atoms with Crippen LogP contribution in [0.4, 0.5) is 10.1 Å². The molecule has 2 aromatic rings. The average Bonchev–Trinajstić information content (AvgIpc) is 3.10. The van der Waals surface area contributed by atoms with Crippen molar-refractivity contribution in [1.82, 2.24) is 15.2 Å². The van der Waals surface area contributed by atoms with Gasteiger partial charge >= 0.3 is 0 Å². The summed E-state index contributed by atoms with van der Waals surface area (Å²) in [5.41, 5.74) is 0.893. The number of halogens is 1. The van der Waals surface area contributed by atoms with Crippen LogP contribution in [0.5, 0.6) is 0 Å². The quantitative estimate of drug-likeness (QED) is 0.443. The zero-order valence-electron chi connectivity index (χ0n) is 14.4. The second-order valence-corrected chi connectivity index (χ2v) is 5.60. The van der Waals surface area contributed by atoms with Gasteiger partial charge < -0.3 is 20.1 Å². The van der Waals surface area contributed by atoms with Gasteiger partial charge in [-0.2, -0.15) is 0 Å². The van der Waals surface area contributed by atoms with Crippen LogP contribution in [0.2, 0.25) is 0 Å². The van der Waals surface area contributed by atoms with Crippen molar-refractivity contribution in [3.8, 4) is 0 Å². The number of rotatable bonds is 8. The third-order valence-electron chi connectivity index (χ3n) is 3.76. The fourth-order valence-electron chi connectivity index (χ4n) is 2.41. The molecule has 0 saturated carbocycles. The molecule has 2 rings (SSSR count). The van der Waals surface area contributed by atoms with E-state index in [0.717, 1.165) is 44.2 Å². The zero-order valence-corrected chi connectivity index (χ0v) is 14.4. The van der Waals surface area contributed by atoms with E-state index in [-0.39, 0.29) is 5.82 Å². The molecule has 0 amide bonds. The summed E-state index contributed by atoms with van der Waals surface area (Å²) in [6.45, 7) is 3.37. The molecule has 0 spiro atoms. The summed E-state index contributed by atoms with van der Waals surface area (Å²) in [4.78, 5) is 6.26. The molecule has 6 heteroatoms. The largest absolute Gasteiger partial charge is 0.374 e. The normalized spacial score (nSPS) is 11.4. The molecule has 0 fully saturated rings. The standard InChI is InChI=1S/C18H26FN5/c1-20-18(22-10-14-24-12-3-4-13-24)21-9-6-11-23(2)17-8-5-7-16(19)15-17/h3-5,7-8,12-13,15H,6,9-11,14H2,1-2H3,(H2,20,21,22). The van der Waals surface area contributed by atoms with Crippen molar-refractivity contribution in [2.24, 2.45) is 4.99 Å². The number of aliphatic imine (C=N–C) groups is 1. The van der Waals surface area contributed by atoms with E-state index in [1.807, 2.05) is 42.5 Å². The number of nitrogens with one attached hydrogen (secondary N) is 2. The predicted molar refractivity (Wildman–Crippen MR) is 98.1 cm³/mol. The van der Waals surface area contributed by atoms with Crippen LogP contribution < -0.4 is 15.5 Å². The molecule has 1 aromatic heterocycles. The van der Waals surface area contributed by atoms with E-state index in [0.29, 0.717) is 0 Å². The minimum atomic E-state index is -0.204. The van der Waals surface area contributed by atoms with Crippen molar-refractivity contribution in [2.45, 2.75) is 13.0 Å². The van der Waals surface area contributed by atoms with Crippen molar-refractivity contribution in [2.75, 3.05) is 38.6 Å². The Kier molecular flexibility index (Phi) is 7.14. The summed E-state index contributed by atoms with van der Waals surface area (Å²) in [5.74, 6) is 0.598. The van der Waals surface area contributed by atoms with Gasteiger partial charge in [-0.05, 0) is 36.8 Å². The van der Waals surface area contributed by atoms with Gasteiger partial charge in [0.2, 0.25) is 0 Å². The van der Waals surface area contributed by atoms with Gasteiger partial charge in [-0.3, -0.25) is 4.99 Å². The third kappa shape index (κ3) is 5.95. The highest BCUT2D eigenvalue weighted by Crippen LogP contribution is 2.13. The predicted octanol–water partition coefficient (Wildman–Crippen LogP) is 2.32. The van der Waals surface area contributed by atoms with Gasteiger partial charge in [0.1, 0.15) is 5.82 Å². The minimum absolute atomic E-state index is 0.204. The van der Waals surface area contributed by atoms with E-state index in [9.17, 15) is 4.39 Å². The molecule has 0 aliphatic heterocycles. The van der Waals surface area contributed by atoms with Gasteiger partial charge in [-0.15, -0.1) is 0 Å². The Labute approximate surface area is 143 Å². The Balaban J connectivity index is 1.63. The van der Waals surface area contributed by atoms with Crippen molar-refractivity contribution >= 4 is 11.6 Å². The lowest BCUT2D eigenvalue weighted by atomic mass is 10.2. The molecule has 24 heavy (non-hydrogen) atoms. The molecule has 0 aliphatic rings. The maximum Gasteiger partial charge on any atom is 0.191 e. The molecule has 5 nitrogen and oxygen atoms in total. The van der Waals surface area contributed by atoms with Crippen molar-refractivity contribution < 1.29 is 4.39 Å². The summed E-state index contributed by atoms with van der Waals surface area (Å²) >= 11 is 0. The number of anilines is 1.